The number of unbranched alkanes of at least 4 members (excludes halogenated alkanes) is 29. The van der Waals surface area contributed by atoms with Gasteiger partial charge in [0.15, 0.2) is 6.10 Å². The second-order valence-corrected chi connectivity index (χ2v) is 26.2. The minimum absolute atomic E-state index is 0.0387. The molecule has 0 spiro atoms. The van der Waals surface area contributed by atoms with Crippen molar-refractivity contribution in [2.24, 2.45) is 0 Å². The maximum Gasteiger partial charge on any atom is 0.306 e. The van der Waals surface area contributed by atoms with Gasteiger partial charge in [-0.15, -0.1) is 0 Å². The lowest BCUT2D eigenvalue weighted by atomic mass is 10.0. The Kier molecular flexibility index (Phi) is 64.6. The van der Waals surface area contributed by atoms with Crippen molar-refractivity contribution in [3.05, 3.63) is 134 Å². The van der Waals surface area contributed by atoms with Crippen LogP contribution in [0.15, 0.2) is 134 Å². The van der Waals surface area contributed by atoms with Gasteiger partial charge in [0.1, 0.15) is 19.8 Å². The number of carbonyl (C=O) groups excluding carboxylic acids is 2. The van der Waals surface area contributed by atoms with Gasteiger partial charge in [-0.25, -0.2) is 0 Å². The summed E-state index contributed by atoms with van der Waals surface area (Å²) in [6, 6.07) is 0. The monoisotopic (exact) mass is 1240 g/mol. The number of hydrogen-bond acceptors (Lipinski definition) is 8. The van der Waals surface area contributed by atoms with E-state index in [0.717, 1.165) is 128 Å². The largest absolute Gasteiger partial charge is 0.756 e. The highest BCUT2D eigenvalue weighted by Crippen LogP contribution is 2.38. The summed E-state index contributed by atoms with van der Waals surface area (Å²) < 4.78 is 34.3. The van der Waals surface area contributed by atoms with Crippen LogP contribution in [0.3, 0.4) is 0 Å². The third kappa shape index (κ3) is 71.2. The molecule has 0 aliphatic rings. The molecule has 2 unspecified atom stereocenters. The van der Waals surface area contributed by atoms with Crippen molar-refractivity contribution in [3.63, 3.8) is 0 Å². The number of allylic oxidation sites excluding steroid dienone is 22. The number of likely N-dealkylation sites (N-methyl/N-ethyl adjacent to an activating group) is 1. The topological polar surface area (TPSA) is 111 Å². The maximum atomic E-state index is 12.9. The summed E-state index contributed by atoms with van der Waals surface area (Å²) >= 11 is 0. The first-order chi connectivity index (χ1) is 43.0. The predicted octanol–water partition coefficient (Wildman–Crippen LogP) is 23.0. The second-order valence-electron chi connectivity index (χ2n) is 24.8. The van der Waals surface area contributed by atoms with E-state index in [1.807, 2.05) is 21.1 Å². The van der Waals surface area contributed by atoms with E-state index in [-0.39, 0.29) is 32.0 Å². The fraction of sp³-hybridized carbons (Fsp3) is 0.692. The van der Waals surface area contributed by atoms with Gasteiger partial charge in [-0.05, 0) is 109 Å². The zero-order chi connectivity index (χ0) is 64.1. The minimum atomic E-state index is -4.65. The van der Waals surface area contributed by atoms with E-state index in [9.17, 15) is 19.0 Å². The fourth-order valence-corrected chi connectivity index (χ4v) is 10.5. The molecule has 0 radical (unpaired) electrons. The van der Waals surface area contributed by atoms with Gasteiger partial charge in [0.25, 0.3) is 7.82 Å². The van der Waals surface area contributed by atoms with Crippen LogP contribution in [0.4, 0.5) is 0 Å². The summed E-state index contributed by atoms with van der Waals surface area (Å²) in [5, 5.41) is 0. The second kappa shape index (κ2) is 67.5. The smallest absolute Gasteiger partial charge is 0.306 e. The third-order valence-electron chi connectivity index (χ3n) is 15.2. The Morgan fingerprint density at radius 2 is 0.614 bits per heavy atom. The first-order valence-corrected chi connectivity index (χ1v) is 37.4. The van der Waals surface area contributed by atoms with Crippen LogP contribution >= 0.6 is 7.82 Å². The number of ether oxygens (including phenoxy) is 2. The summed E-state index contributed by atoms with van der Waals surface area (Å²) in [6.45, 7) is 4.01. The van der Waals surface area contributed by atoms with E-state index in [1.54, 1.807) is 0 Å². The summed E-state index contributed by atoms with van der Waals surface area (Å²) in [4.78, 5) is 38.1. The molecule has 0 bridgehead atoms. The highest BCUT2D eigenvalue weighted by Gasteiger charge is 2.22. The number of phosphoric ester groups is 1. The Morgan fingerprint density at radius 3 is 0.909 bits per heavy atom. The molecule has 9 nitrogen and oxygen atoms in total. The van der Waals surface area contributed by atoms with Crippen LogP contribution in [0, 0.1) is 0 Å². The molecule has 0 aromatic rings. The number of esters is 2. The van der Waals surface area contributed by atoms with Crippen LogP contribution in [0.2, 0.25) is 0 Å². The van der Waals surface area contributed by atoms with Crippen LogP contribution in [-0.4, -0.2) is 70.0 Å². The molecular formula is C78H134NO8P. The minimum Gasteiger partial charge on any atom is -0.756 e. The molecule has 0 N–H and O–H groups in total. The summed E-state index contributed by atoms with van der Waals surface area (Å²) in [5.74, 6) is -0.847. The average molecular weight is 1240 g/mol. The average Bonchev–Trinajstić information content (AvgIpc) is 3.57. The molecule has 0 aromatic carbocycles. The summed E-state index contributed by atoms with van der Waals surface area (Å²) in [7, 11) is 1.15. The van der Waals surface area contributed by atoms with Gasteiger partial charge < -0.3 is 27.9 Å². The van der Waals surface area contributed by atoms with Gasteiger partial charge in [0.05, 0.1) is 27.7 Å². The Bertz CT molecular complexity index is 1950. The van der Waals surface area contributed by atoms with Crippen LogP contribution in [0.25, 0.3) is 0 Å². The van der Waals surface area contributed by atoms with Crippen LogP contribution in [0.5, 0.6) is 0 Å². The zero-order valence-corrected chi connectivity index (χ0v) is 58.3. The van der Waals surface area contributed by atoms with Crippen molar-refractivity contribution in [2.45, 2.75) is 302 Å². The first kappa shape index (κ1) is 84.2. The van der Waals surface area contributed by atoms with Crippen molar-refractivity contribution >= 4 is 19.8 Å². The molecule has 0 fully saturated rings. The molecule has 0 amide bonds. The van der Waals surface area contributed by atoms with E-state index in [0.29, 0.717) is 17.4 Å². The van der Waals surface area contributed by atoms with E-state index in [1.165, 1.54) is 135 Å². The molecule has 504 valence electrons. The Morgan fingerprint density at radius 1 is 0.352 bits per heavy atom. The van der Waals surface area contributed by atoms with Crippen molar-refractivity contribution in [1.29, 1.82) is 0 Å². The molecule has 0 aliphatic carbocycles. The molecule has 0 saturated carbocycles. The zero-order valence-electron chi connectivity index (χ0n) is 57.4. The van der Waals surface area contributed by atoms with Gasteiger partial charge >= 0.3 is 11.9 Å². The van der Waals surface area contributed by atoms with Gasteiger partial charge in [0.2, 0.25) is 0 Å². The molecule has 0 rings (SSSR count). The molecular weight excluding hydrogens is 1110 g/mol. The molecule has 0 saturated heterocycles. The highest BCUT2D eigenvalue weighted by atomic mass is 31.2. The number of carbonyl (C=O) groups is 2. The molecule has 0 heterocycles. The molecule has 0 aromatic heterocycles. The Labute approximate surface area is 542 Å². The van der Waals surface area contributed by atoms with E-state index in [2.05, 4.69) is 148 Å². The van der Waals surface area contributed by atoms with E-state index in [4.69, 9.17) is 18.5 Å². The van der Waals surface area contributed by atoms with Gasteiger partial charge in [-0.1, -0.05) is 308 Å². The third-order valence-corrected chi connectivity index (χ3v) is 16.1. The molecule has 0 aliphatic heterocycles. The fourth-order valence-electron chi connectivity index (χ4n) is 9.75. The molecule has 88 heavy (non-hydrogen) atoms. The van der Waals surface area contributed by atoms with E-state index >= 15 is 0 Å². The Balaban J connectivity index is 4.00. The van der Waals surface area contributed by atoms with Crippen molar-refractivity contribution in [3.8, 4) is 0 Å². The SMILES string of the molecule is CC/C=C\C/C=C\C/C=C\C/C=C\C/C=C\C/C=C\CCCCCCCCC(=O)OC(COC(=O)CCCCCCCCCCCCCCCCCCCCCCCCC/C=C\C/C=C\C/C=C\C/C=C\C/C=C\CC)COP(=O)([O-])OCC[N+](C)(C)C. The number of hydrogen-bond donors (Lipinski definition) is 0. The standard InChI is InChI=1S/C78H134NO8P/c1-6-8-10-12-14-16-18-20-22-24-26-28-30-32-33-34-35-36-37-38-39-40-41-42-43-44-45-47-48-50-52-54-56-58-60-62-64-66-68-70-77(80)84-74-76(75-86-88(82,83)85-73-72-79(3,4)5)87-78(81)71-69-67-65-63-61-59-57-55-53-51-49-46-31-29-27-25-23-21-19-17-15-13-11-9-7-2/h8-11,14-17,20-23,26-29,32-33,46,49,53,55,76H,6-7,12-13,18-19,24-25,30-31,34-45,47-48,50-52,54,56-75H2,1-5H3/b10-8-,11-9-,16-14-,17-15-,22-20-,23-21-,28-26-,29-27-,33-32-,49-46-,55-53-. The van der Waals surface area contributed by atoms with E-state index < -0.39 is 26.5 Å². The predicted molar refractivity (Wildman–Crippen MR) is 378 cm³/mol. The lowest BCUT2D eigenvalue weighted by molar-refractivity contribution is -0.870. The number of nitrogens with zero attached hydrogens (tertiary/aromatic N) is 1. The first-order valence-electron chi connectivity index (χ1n) is 35.9. The lowest BCUT2D eigenvalue weighted by Gasteiger charge is -2.28. The van der Waals surface area contributed by atoms with Crippen LogP contribution in [-0.2, 0) is 32.7 Å². The van der Waals surface area contributed by atoms with Crippen molar-refractivity contribution in [1.82, 2.24) is 0 Å². The number of rotatable bonds is 65. The van der Waals surface area contributed by atoms with Gasteiger partial charge in [-0.3, -0.25) is 14.2 Å². The summed E-state index contributed by atoms with van der Waals surface area (Å²) in [5.41, 5.74) is 0. The summed E-state index contributed by atoms with van der Waals surface area (Å²) in [6.07, 6.45) is 98.3. The van der Waals surface area contributed by atoms with Crippen molar-refractivity contribution < 1.29 is 42.1 Å². The van der Waals surface area contributed by atoms with Gasteiger partial charge in [0, 0.05) is 12.8 Å². The lowest BCUT2D eigenvalue weighted by Crippen LogP contribution is -2.37. The maximum absolute atomic E-state index is 12.9. The van der Waals surface area contributed by atoms with Crippen molar-refractivity contribution in [2.75, 3.05) is 47.5 Å². The highest BCUT2D eigenvalue weighted by molar-refractivity contribution is 7.45. The molecule has 2 atom stereocenters. The number of phosphoric acid groups is 1. The molecule has 10 heteroatoms. The quantitative estimate of drug-likeness (QED) is 0.0195. The van der Waals surface area contributed by atoms with Gasteiger partial charge in [-0.2, -0.15) is 0 Å². The number of quaternary nitrogens is 1. The normalized spacial score (nSPS) is 13.9. The van der Waals surface area contributed by atoms with Crippen LogP contribution in [0.1, 0.15) is 296 Å². The van der Waals surface area contributed by atoms with Crippen LogP contribution < -0.4 is 4.89 Å². The Hall–Kier alpha value is -3.85.